The van der Waals surface area contributed by atoms with Crippen molar-refractivity contribution in [3.05, 3.63) is 114 Å². The minimum atomic E-state index is -0.288. The first-order chi connectivity index (χ1) is 13.4. The van der Waals surface area contributed by atoms with Crippen LogP contribution in [0.5, 0.6) is 0 Å². The zero-order chi connectivity index (χ0) is 18.1. The van der Waals surface area contributed by atoms with Gasteiger partial charge in [-0.15, -0.1) is 0 Å². The van der Waals surface area contributed by atoms with E-state index in [2.05, 4.69) is 60.7 Å². The monoisotopic (exact) mass is 406 g/mol. The second-order valence-corrected chi connectivity index (χ2v) is 6.80. The first kappa shape index (κ1) is 19.0. The van der Waals surface area contributed by atoms with Gasteiger partial charge in [-0.05, 0) is 22.3 Å². The van der Waals surface area contributed by atoms with Gasteiger partial charge in [0.1, 0.15) is 0 Å². The first-order valence-corrected chi connectivity index (χ1v) is 9.29. The SMILES string of the molecule is [Fe].c1cc[cH-]c1.c1ccc2c(c1)-c1ccccc1[C@@H]1OB(c3cc[cH-]c3)O[C@H]21. The van der Waals surface area contributed by atoms with Crippen LogP contribution in [-0.4, -0.2) is 7.12 Å². The summed E-state index contributed by atoms with van der Waals surface area (Å²) in [5, 5.41) is 0. The van der Waals surface area contributed by atoms with Gasteiger partial charge < -0.3 is 9.31 Å². The van der Waals surface area contributed by atoms with Crippen LogP contribution in [-0.2, 0) is 26.4 Å². The molecular formula is C24H19BFeO2-2. The summed E-state index contributed by atoms with van der Waals surface area (Å²) < 4.78 is 12.5. The van der Waals surface area contributed by atoms with E-state index in [9.17, 15) is 0 Å². The molecule has 1 saturated heterocycles. The molecular weight excluding hydrogens is 387 g/mol. The molecule has 2 nitrogen and oxygen atoms in total. The van der Waals surface area contributed by atoms with Crippen LogP contribution in [0.25, 0.3) is 11.1 Å². The normalized spacial score (nSPS) is 18.8. The largest absolute Gasteiger partial charge is 0.408 e. The standard InChI is InChI=1S/C19H14BO2.C5H5.Fe/c1-2-8-13(7-1)20-21-18-16-11-5-3-9-14(16)15-10-4-6-12-17(15)19(18)22-20;1-2-4-5-3-1;/h1-12,18-19H;1-5H;/q2*-1;/t18-,19+;;. The molecule has 0 bridgehead atoms. The molecule has 2 atom stereocenters. The van der Waals surface area contributed by atoms with Crippen LogP contribution in [0.4, 0.5) is 0 Å². The Bertz CT molecular complexity index is 940. The molecule has 0 amide bonds. The second-order valence-electron chi connectivity index (χ2n) is 6.80. The molecule has 2 aliphatic rings. The smallest absolute Gasteiger partial charge is 0.407 e. The summed E-state index contributed by atoms with van der Waals surface area (Å²) in [5.41, 5.74) is 6.04. The van der Waals surface area contributed by atoms with Gasteiger partial charge in [0.15, 0.2) is 0 Å². The van der Waals surface area contributed by atoms with E-state index in [0.29, 0.717) is 0 Å². The van der Waals surface area contributed by atoms with Crippen LogP contribution >= 0.6 is 0 Å². The topological polar surface area (TPSA) is 18.5 Å². The van der Waals surface area contributed by atoms with E-state index >= 15 is 0 Å². The molecule has 0 unspecified atom stereocenters. The van der Waals surface area contributed by atoms with Gasteiger partial charge in [0.2, 0.25) is 0 Å². The predicted octanol–water partition coefficient (Wildman–Crippen LogP) is 5.01. The Kier molecular flexibility index (Phi) is 5.65. The van der Waals surface area contributed by atoms with Gasteiger partial charge in [-0.3, -0.25) is 0 Å². The third kappa shape index (κ3) is 3.41. The Hall–Kier alpha value is -2.36. The Morgan fingerprint density at radius 1 is 0.643 bits per heavy atom. The minimum absolute atomic E-state index is 0. The summed E-state index contributed by atoms with van der Waals surface area (Å²) in [7, 11) is -0.288. The van der Waals surface area contributed by atoms with Crippen molar-refractivity contribution in [1.29, 1.82) is 0 Å². The predicted molar refractivity (Wildman–Crippen MR) is 109 cm³/mol. The van der Waals surface area contributed by atoms with E-state index < -0.39 is 0 Å². The summed E-state index contributed by atoms with van der Waals surface area (Å²) in [6.07, 6.45) is -0.0722. The van der Waals surface area contributed by atoms with Crippen molar-refractivity contribution in [3.8, 4) is 11.1 Å². The van der Waals surface area contributed by atoms with Gasteiger partial charge in [0, 0.05) is 17.1 Å². The molecule has 1 heterocycles. The van der Waals surface area contributed by atoms with E-state index in [1.54, 1.807) is 0 Å². The molecule has 0 aromatic heterocycles. The summed E-state index contributed by atoms with van der Waals surface area (Å²) in [6.45, 7) is 0. The molecule has 1 fully saturated rings. The van der Waals surface area contributed by atoms with Crippen molar-refractivity contribution in [2.75, 3.05) is 0 Å². The average molecular weight is 406 g/mol. The van der Waals surface area contributed by atoms with E-state index in [-0.39, 0.29) is 36.4 Å². The van der Waals surface area contributed by atoms with Crippen molar-refractivity contribution in [2.45, 2.75) is 12.2 Å². The molecule has 0 saturated carbocycles. The van der Waals surface area contributed by atoms with Gasteiger partial charge in [-0.2, -0.15) is 41.9 Å². The molecule has 0 spiro atoms. The molecule has 0 radical (unpaired) electrons. The summed E-state index contributed by atoms with van der Waals surface area (Å²) >= 11 is 0. The van der Waals surface area contributed by atoms with Gasteiger partial charge in [0.05, 0.1) is 12.2 Å². The quantitative estimate of drug-likeness (QED) is 0.327. The summed E-state index contributed by atoms with van der Waals surface area (Å²) in [6, 6.07) is 35.1. The third-order valence-corrected chi connectivity index (χ3v) is 5.16. The molecule has 1 aliphatic carbocycles. The molecule has 28 heavy (non-hydrogen) atoms. The van der Waals surface area contributed by atoms with Gasteiger partial charge in [-0.1, -0.05) is 48.5 Å². The van der Waals surface area contributed by atoms with Crippen molar-refractivity contribution in [1.82, 2.24) is 0 Å². The van der Waals surface area contributed by atoms with Crippen molar-refractivity contribution in [3.63, 3.8) is 0 Å². The van der Waals surface area contributed by atoms with Crippen molar-refractivity contribution >= 4 is 12.6 Å². The van der Waals surface area contributed by atoms with Crippen LogP contribution in [0.2, 0.25) is 0 Å². The van der Waals surface area contributed by atoms with Crippen LogP contribution < -0.4 is 5.46 Å². The second kappa shape index (κ2) is 8.34. The first-order valence-electron chi connectivity index (χ1n) is 9.29. The van der Waals surface area contributed by atoms with Crippen LogP contribution in [0.1, 0.15) is 23.3 Å². The fourth-order valence-electron chi connectivity index (χ4n) is 3.92. The third-order valence-electron chi connectivity index (χ3n) is 5.16. The Labute approximate surface area is 176 Å². The zero-order valence-corrected chi connectivity index (χ0v) is 16.3. The Morgan fingerprint density at radius 2 is 1.21 bits per heavy atom. The summed E-state index contributed by atoms with van der Waals surface area (Å²) in [5.74, 6) is 0. The molecule has 4 aromatic carbocycles. The Morgan fingerprint density at radius 3 is 1.68 bits per heavy atom. The van der Waals surface area contributed by atoms with Gasteiger partial charge in [0.25, 0.3) is 0 Å². The van der Waals surface area contributed by atoms with E-state index in [4.69, 9.17) is 9.31 Å². The molecule has 140 valence electrons. The van der Waals surface area contributed by atoms with Crippen LogP contribution in [0.15, 0.2) is 103 Å². The number of fused-ring (bicyclic) bond motifs is 6. The molecule has 0 N–H and O–H groups in total. The molecule has 4 heteroatoms. The summed E-state index contributed by atoms with van der Waals surface area (Å²) in [4.78, 5) is 0. The van der Waals surface area contributed by atoms with E-state index in [1.807, 2.05) is 42.5 Å². The maximum atomic E-state index is 6.27. The fraction of sp³-hybridized carbons (Fsp3) is 0.0833. The minimum Gasteiger partial charge on any atom is -0.408 e. The number of hydrogen-bond donors (Lipinski definition) is 0. The fourth-order valence-corrected chi connectivity index (χ4v) is 3.92. The zero-order valence-electron chi connectivity index (χ0n) is 15.2. The van der Waals surface area contributed by atoms with E-state index in [1.165, 1.54) is 22.3 Å². The molecule has 4 aromatic rings. The maximum absolute atomic E-state index is 6.27. The number of hydrogen-bond acceptors (Lipinski definition) is 2. The van der Waals surface area contributed by atoms with Crippen molar-refractivity contribution < 1.29 is 26.4 Å². The van der Waals surface area contributed by atoms with E-state index in [0.717, 1.165) is 5.46 Å². The maximum Gasteiger partial charge on any atom is 0.407 e. The number of rotatable bonds is 1. The van der Waals surface area contributed by atoms with Gasteiger partial charge >= 0.3 is 7.12 Å². The van der Waals surface area contributed by atoms with Crippen molar-refractivity contribution in [2.24, 2.45) is 0 Å². The Balaban J connectivity index is 0.000000282. The van der Waals surface area contributed by atoms with Crippen LogP contribution in [0.3, 0.4) is 0 Å². The molecule has 6 rings (SSSR count). The average Bonchev–Trinajstić information content (AvgIpc) is 3.51. The number of benzene rings is 2. The molecule has 1 aliphatic heterocycles. The van der Waals surface area contributed by atoms with Gasteiger partial charge in [-0.25, -0.2) is 18.2 Å². The van der Waals surface area contributed by atoms with Crippen LogP contribution in [0, 0.1) is 0 Å².